The maximum Gasteiger partial charge on any atom is 0.234 e. The Labute approximate surface area is 139 Å². The number of benzene rings is 1. The molecule has 0 unspecified atom stereocenters. The lowest BCUT2D eigenvalue weighted by molar-refractivity contribution is -0.139. The maximum atomic E-state index is 12.4. The summed E-state index contributed by atoms with van der Waals surface area (Å²) in [6, 6.07) is 6.99. The summed E-state index contributed by atoms with van der Waals surface area (Å²) in [6.07, 6.45) is 2.78. The van der Waals surface area contributed by atoms with Crippen LogP contribution in [0.2, 0.25) is 0 Å². The van der Waals surface area contributed by atoms with Crippen LogP contribution >= 0.6 is 11.6 Å². The highest BCUT2D eigenvalue weighted by molar-refractivity contribution is 6.30. The molecule has 1 fully saturated rings. The van der Waals surface area contributed by atoms with Gasteiger partial charge in [0.05, 0.1) is 18.5 Å². The molecule has 23 heavy (non-hydrogen) atoms. The Morgan fingerprint density at radius 2 is 2.04 bits per heavy atom. The van der Waals surface area contributed by atoms with Gasteiger partial charge in [-0.1, -0.05) is 29.8 Å². The van der Waals surface area contributed by atoms with E-state index in [9.17, 15) is 14.4 Å². The van der Waals surface area contributed by atoms with Crippen molar-refractivity contribution >= 4 is 34.9 Å². The molecule has 6 heteroatoms. The van der Waals surface area contributed by atoms with E-state index in [0.717, 1.165) is 0 Å². The van der Waals surface area contributed by atoms with Gasteiger partial charge in [-0.2, -0.15) is 0 Å². The van der Waals surface area contributed by atoms with Crippen LogP contribution in [0.25, 0.3) is 0 Å². The molecular weight excluding hydrogens is 316 g/mol. The second-order valence-corrected chi connectivity index (χ2v) is 6.37. The number of nitrogens with one attached hydrogen (secondary N) is 1. The fourth-order valence-corrected chi connectivity index (χ4v) is 3.33. The third-order valence-electron chi connectivity index (χ3n) is 4.37. The number of hydrogen-bond donors (Lipinski definition) is 1. The minimum absolute atomic E-state index is 0.0336. The Kier molecular flexibility index (Phi) is 4.22. The molecule has 1 saturated heterocycles. The molecule has 5 nitrogen and oxygen atoms in total. The summed E-state index contributed by atoms with van der Waals surface area (Å²) < 4.78 is 0. The smallest absolute Gasteiger partial charge is 0.234 e. The Hall–Kier alpha value is -2.14. The van der Waals surface area contributed by atoms with Gasteiger partial charge in [-0.05, 0) is 31.9 Å². The van der Waals surface area contributed by atoms with Crippen LogP contribution in [0.15, 0.2) is 35.4 Å². The normalized spacial score (nSPS) is 23.6. The zero-order valence-corrected chi connectivity index (χ0v) is 13.5. The highest BCUT2D eigenvalue weighted by Gasteiger charge is 2.48. The van der Waals surface area contributed by atoms with Gasteiger partial charge in [0.2, 0.25) is 11.8 Å². The molecule has 1 aromatic rings. The van der Waals surface area contributed by atoms with E-state index in [4.69, 9.17) is 11.6 Å². The topological polar surface area (TPSA) is 66.5 Å². The molecule has 1 aliphatic heterocycles. The number of anilines is 1. The molecule has 1 aliphatic carbocycles. The third kappa shape index (κ3) is 3.01. The average molecular weight is 333 g/mol. The summed E-state index contributed by atoms with van der Waals surface area (Å²) in [5.74, 6) is -1.01. The Bertz CT molecular complexity index is 714. The van der Waals surface area contributed by atoms with Crippen molar-refractivity contribution in [2.45, 2.75) is 19.8 Å². The second-order valence-electron chi connectivity index (χ2n) is 5.88. The molecule has 1 aromatic carbocycles. The SMILES string of the molecule is CC(=O)c1cccc(NCN2C(=O)[C@@H]3CC=C(Cl)C[C@H]3C2=O)c1. The summed E-state index contributed by atoms with van der Waals surface area (Å²) in [6.45, 7) is 1.59. The van der Waals surface area contributed by atoms with Crippen LogP contribution < -0.4 is 5.32 Å². The van der Waals surface area contributed by atoms with E-state index in [1.54, 1.807) is 24.3 Å². The number of rotatable bonds is 4. The number of ketones is 1. The van der Waals surface area contributed by atoms with Gasteiger partial charge in [0, 0.05) is 16.3 Å². The molecule has 0 aromatic heterocycles. The first kappa shape index (κ1) is 15.7. The van der Waals surface area contributed by atoms with Crippen molar-refractivity contribution in [2.24, 2.45) is 11.8 Å². The number of carbonyl (C=O) groups is 3. The standard InChI is InChI=1S/C17H17ClN2O3/c1-10(21)11-3-2-4-13(7-11)19-9-20-16(22)14-6-5-12(18)8-15(14)17(20)23/h2-5,7,14-15,19H,6,8-9H2,1H3/t14-,15-/m1/s1. The lowest BCUT2D eigenvalue weighted by Gasteiger charge is -2.17. The molecule has 0 bridgehead atoms. The molecule has 2 atom stereocenters. The molecule has 120 valence electrons. The summed E-state index contributed by atoms with van der Waals surface area (Å²) >= 11 is 6.00. The van der Waals surface area contributed by atoms with Crippen LogP contribution in [0.1, 0.15) is 30.1 Å². The highest BCUT2D eigenvalue weighted by atomic mass is 35.5. The van der Waals surface area contributed by atoms with Crippen molar-refractivity contribution in [1.29, 1.82) is 0 Å². The minimum Gasteiger partial charge on any atom is -0.367 e. The number of halogens is 1. The third-order valence-corrected chi connectivity index (χ3v) is 4.68. The summed E-state index contributed by atoms with van der Waals surface area (Å²) in [4.78, 5) is 37.5. The van der Waals surface area contributed by atoms with E-state index in [1.807, 2.05) is 6.08 Å². The number of carbonyl (C=O) groups excluding carboxylic acids is 3. The lowest BCUT2D eigenvalue weighted by Crippen LogP contribution is -2.35. The number of amides is 2. The highest BCUT2D eigenvalue weighted by Crippen LogP contribution is 2.38. The van der Waals surface area contributed by atoms with E-state index >= 15 is 0 Å². The number of allylic oxidation sites excluding steroid dienone is 2. The molecule has 1 heterocycles. The fourth-order valence-electron chi connectivity index (χ4n) is 3.07. The Balaban J connectivity index is 1.69. The molecule has 1 N–H and O–H groups in total. The number of fused-ring (bicyclic) bond motifs is 1. The minimum atomic E-state index is -0.342. The first-order valence-electron chi connectivity index (χ1n) is 7.52. The molecule has 2 aliphatic rings. The molecule has 3 rings (SSSR count). The lowest BCUT2D eigenvalue weighted by atomic mass is 9.85. The van der Waals surface area contributed by atoms with Crippen molar-refractivity contribution < 1.29 is 14.4 Å². The van der Waals surface area contributed by atoms with Crippen LogP contribution in [-0.4, -0.2) is 29.2 Å². The first-order valence-corrected chi connectivity index (χ1v) is 7.90. The van der Waals surface area contributed by atoms with Crippen molar-refractivity contribution in [1.82, 2.24) is 4.90 Å². The van der Waals surface area contributed by atoms with E-state index in [-0.39, 0.29) is 36.1 Å². The molecule has 0 spiro atoms. The van der Waals surface area contributed by atoms with Gasteiger partial charge in [0.1, 0.15) is 0 Å². The molecule has 0 saturated carbocycles. The molecular formula is C17H17ClN2O3. The van der Waals surface area contributed by atoms with Crippen LogP contribution in [0.4, 0.5) is 5.69 Å². The monoisotopic (exact) mass is 332 g/mol. The predicted octanol–water partition coefficient (Wildman–Crippen LogP) is 2.78. The first-order chi connectivity index (χ1) is 11.0. The van der Waals surface area contributed by atoms with Crippen molar-refractivity contribution in [2.75, 3.05) is 12.0 Å². The van der Waals surface area contributed by atoms with Crippen LogP contribution in [-0.2, 0) is 9.59 Å². The largest absolute Gasteiger partial charge is 0.367 e. The zero-order chi connectivity index (χ0) is 16.6. The number of hydrogen-bond acceptors (Lipinski definition) is 4. The summed E-state index contributed by atoms with van der Waals surface area (Å²) in [5.41, 5.74) is 1.28. The van der Waals surface area contributed by atoms with E-state index in [1.165, 1.54) is 11.8 Å². The van der Waals surface area contributed by atoms with Gasteiger partial charge in [-0.25, -0.2) is 0 Å². The van der Waals surface area contributed by atoms with Gasteiger partial charge in [-0.3, -0.25) is 19.3 Å². The number of imide groups is 1. The van der Waals surface area contributed by atoms with Crippen LogP contribution in [0.3, 0.4) is 0 Å². The average Bonchev–Trinajstić information content (AvgIpc) is 2.76. The van der Waals surface area contributed by atoms with Gasteiger partial charge in [0.25, 0.3) is 0 Å². The van der Waals surface area contributed by atoms with Crippen LogP contribution in [0, 0.1) is 11.8 Å². The fraction of sp³-hybridized carbons (Fsp3) is 0.353. The maximum absolute atomic E-state index is 12.4. The number of nitrogens with zero attached hydrogens (tertiary/aromatic N) is 1. The summed E-state index contributed by atoms with van der Waals surface area (Å²) in [7, 11) is 0. The van der Waals surface area contributed by atoms with Gasteiger partial charge in [-0.15, -0.1) is 0 Å². The second kappa shape index (κ2) is 6.16. The molecule has 2 amide bonds. The number of Topliss-reactive ketones (excluding diaryl/α,β-unsaturated/α-hetero) is 1. The number of likely N-dealkylation sites (tertiary alicyclic amines) is 1. The zero-order valence-electron chi connectivity index (χ0n) is 12.7. The van der Waals surface area contributed by atoms with Gasteiger partial charge < -0.3 is 5.32 Å². The Morgan fingerprint density at radius 1 is 1.30 bits per heavy atom. The van der Waals surface area contributed by atoms with Gasteiger partial charge >= 0.3 is 0 Å². The quantitative estimate of drug-likeness (QED) is 0.680. The molecule has 0 radical (unpaired) electrons. The van der Waals surface area contributed by atoms with Crippen molar-refractivity contribution in [3.05, 3.63) is 40.9 Å². The predicted molar refractivity (Wildman–Crippen MR) is 86.9 cm³/mol. The summed E-state index contributed by atoms with van der Waals surface area (Å²) in [5, 5.41) is 3.70. The Morgan fingerprint density at radius 3 is 2.78 bits per heavy atom. The van der Waals surface area contributed by atoms with E-state index in [0.29, 0.717) is 29.1 Å². The van der Waals surface area contributed by atoms with Crippen molar-refractivity contribution in [3.63, 3.8) is 0 Å². The van der Waals surface area contributed by atoms with E-state index < -0.39 is 0 Å². The van der Waals surface area contributed by atoms with Crippen molar-refractivity contribution in [3.8, 4) is 0 Å². The van der Waals surface area contributed by atoms with E-state index in [2.05, 4.69) is 5.32 Å². The van der Waals surface area contributed by atoms with Crippen LogP contribution in [0.5, 0.6) is 0 Å². The van der Waals surface area contributed by atoms with Gasteiger partial charge in [0.15, 0.2) is 5.78 Å².